The molecule has 4 rings (SSSR count). The van der Waals surface area contributed by atoms with E-state index in [0.717, 1.165) is 63.8 Å². The molecule has 1 aromatic carbocycles. The minimum atomic E-state index is -0.0505. The van der Waals surface area contributed by atoms with Crippen LogP contribution in [0.4, 0.5) is 5.69 Å². The van der Waals surface area contributed by atoms with Crippen molar-refractivity contribution < 1.29 is 9.59 Å². The van der Waals surface area contributed by atoms with Gasteiger partial charge in [0, 0.05) is 37.8 Å². The summed E-state index contributed by atoms with van der Waals surface area (Å²) in [7, 11) is 0. The van der Waals surface area contributed by atoms with E-state index < -0.39 is 0 Å². The van der Waals surface area contributed by atoms with Crippen LogP contribution < -0.4 is 5.32 Å². The Kier molecular flexibility index (Phi) is 4.75. The van der Waals surface area contributed by atoms with Crippen LogP contribution in [0.15, 0.2) is 24.3 Å². The van der Waals surface area contributed by atoms with E-state index in [2.05, 4.69) is 21.2 Å². The summed E-state index contributed by atoms with van der Waals surface area (Å²) >= 11 is 0. The van der Waals surface area contributed by atoms with Crippen molar-refractivity contribution in [2.75, 3.05) is 25.0 Å². The van der Waals surface area contributed by atoms with Gasteiger partial charge in [0.25, 0.3) is 0 Å². The molecule has 0 saturated carbocycles. The second-order valence-corrected chi connectivity index (χ2v) is 7.51. The van der Waals surface area contributed by atoms with E-state index in [-0.39, 0.29) is 11.9 Å². The highest BCUT2D eigenvalue weighted by Crippen LogP contribution is 2.27. The van der Waals surface area contributed by atoms with Gasteiger partial charge in [0.15, 0.2) is 0 Å². The molecule has 134 valence electrons. The predicted molar refractivity (Wildman–Crippen MR) is 97.3 cm³/mol. The molecule has 1 N–H and O–H groups in total. The Morgan fingerprint density at radius 1 is 0.920 bits per heavy atom. The van der Waals surface area contributed by atoms with Gasteiger partial charge in [-0.05, 0) is 50.2 Å². The number of amides is 2. The third kappa shape index (κ3) is 3.43. The van der Waals surface area contributed by atoms with E-state index >= 15 is 0 Å². The fourth-order valence-corrected chi connectivity index (χ4v) is 4.57. The zero-order valence-electron chi connectivity index (χ0n) is 14.7. The quantitative estimate of drug-likeness (QED) is 0.899. The lowest BCUT2D eigenvalue weighted by atomic mass is 9.97. The van der Waals surface area contributed by atoms with Gasteiger partial charge >= 0.3 is 0 Å². The van der Waals surface area contributed by atoms with Crippen LogP contribution in [0.3, 0.4) is 0 Å². The number of anilines is 1. The molecule has 3 heterocycles. The van der Waals surface area contributed by atoms with Gasteiger partial charge in [-0.15, -0.1) is 0 Å². The second-order valence-electron chi connectivity index (χ2n) is 7.51. The van der Waals surface area contributed by atoms with Gasteiger partial charge in [-0.25, -0.2) is 0 Å². The van der Waals surface area contributed by atoms with Crippen LogP contribution in [0, 0.1) is 0 Å². The number of likely N-dealkylation sites (tertiary alicyclic amines) is 2. The van der Waals surface area contributed by atoms with E-state index in [1.807, 2.05) is 18.2 Å². The Hall–Kier alpha value is -1.88. The SMILES string of the molecule is O=C1Nc2ccccc2CC[C@@H]1N1CCC(N2CCCCC2=O)CC1. The number of hydrogen-bond donors (Lipinski definition) is 1. The molecular formula is C20H27N3O2. The van der Waals surface area contributed by atoms with Crippen molar-refractivity contribution in [3.63, 3.8) is 0 Å². The molecule has 5 nitrogen and oxygen atoms in total. The summed E-state index contributed by atoms with van der Waals surface area (Å²) in [5.74, 6) is 0.449. The summed E-state index contributed by atoms with van der Waals surface area (Å²) < 4.78 is 0. The highest BCUT2D eigenvalue weighted by molar-refractivity contribution is 5.96. The summed E-state index contributed by atoms with van der Waals surface area (Å²) in [5.41, 5.74) is 2.19. The molecule has 1 aromatic rings. The smallest absolute Gasteiger partial charge is 0.241 e. The van der Waals surface area contributed by atoms with Crippen LogP contribution >= 0.6 is 0 Å². The first-order valence-electron chi connectivity index (χ1n) is 9.64. The molecule has 0 unspecified atom stereocenters. The molecule has 2 amide bonds. The minimum absolute atomic E-state index is 0.0505. The number of carbonyl (C=O) groups is 2. The maximum Gasteiger partial charge on any atom is 0.241 e. The third-order valence-corrected chi connectivity index (χ3v) is 6.01. The van der Waals surface area contributed by atoms with Crippen LogP contribution in [0.5, 0.6) is 0 Å². The molecule has 0 aliphatic carbocycles. The second kappa shape index (κ2) is 7.16. The van der Waals surface area contributed by atoms with Gasteiger partial charge in [-0.2, -0.15) is 0 Å². The Morgan fingerprint density at radius 3 is 2.52 bits per heavy atom. The van der Waals surface area contributed by atoms with Gasteiger partial charge in [0.1, 0.15) is 0 Å². The zero-order valence-corrected chi connectivity index (χ0v) is 14.7. The first kappa shape index (κ1) is 16.6. The highest BCUT2D eigenvalue weighted by atomic mass is 16.2. The van der Waals surface area contributed by atoms with Crippen LogP contribution in [0.25, 0.3) is 0 Å². The Labute approximate surface area is 149 Å². The summed E-state index contributed by atoms with van der Waals surface area (Å²) in [5, 5.41) is 3.11. The van der Waals surface area contributed by atoms with Crippen LogP contribution in [0.1, 0.15) is 44.1 Å². The number of carbonyl (C=O) groups excluding carboxylic acids is 2. The number of para-hydroxylation sites is 1. The van der Waals surface area contributed by atoms with E-state index in [4.69, 9.17) is 0 Å². The Morgan fingerprint density at radius 2 is 1.72 bits per heavy atom. The maximum atomic E-state index is 12.7. The number of fused-ring (bicyclic) bond motifs is 1. The standard InChI is InChI=1S/C20H27N3O2/c24-19-7-3-4-12-23(19)16-10-13-22(14-11-16)18-9-8-15-5-1-2-6-17(15)21-20(18)25/h1-2,5-6,16,18H,3-4,7-14H2,(H,21,25)/t18-/m0/s1. The number of nitrogens with one attached hydrogen (secondary N) is 1. The monoisotopic (exact) mass is 341 g/mol. The normalized spacial score (nSPS) is 26.1. The highest BCUT2D eigenvalue weighted by Gasteiger charge is 2.34. The van der Waals surface area contributed by atoms with Crippen LogP contribution in [0.2, 0.25) is 0 Å². The number of nitrogens with zero attached hydrogens (tertiary/aromatic N) is 2. The number of piperidine rings is 2. The summed E-state index contributed by atoms with van der Waals surface area (Å²) in [4.78, 5) is 29.3. The third-order valence-electron chi connectivity index (χ3n) is 6.01. The lowest BCUT2D eigenvalue weighted by Crippen LogP contribution is -2.53. The zero-order chi connectivity index (χ0) is 17.2. The molecule has 2 saturated heterocycles. The molecule has 2 fully saturated rings. The van der Waals surface area contributed by atoms with E-state index in [1.54, 1.807) is 0 Å². The van der Waals surface area contributed by atoms with Crippen molar-refractivity contribution in [2.24, 2.45) is 0 Å². The Balaban J connectivity index is 1.38. The van der Waals surface area contributed by atoms with Crippen molar-refractivity contribution >= 4 is 17.5 Å². The fourth-order valence-electron chi connectivity index (χ4n) is 4.57. The lowest BCUT2D eigenvalue weighted by Gasteiger charge is -2.42. The van der Waals surface area contributed by atoms with E-state index in [0.29, 0.717) is 18.4 Å². The molecule has 5 heteroatoms. The number of rotatable bonds is 2. The summed E-state index contributed by atoms with van der Waals surface area (Å²) in [6, 6.07) is 8.42. The largest absolute Gasteiger partial charge is 0.340 e. The van der Waals surface area contributed by atoms with Gasteiger partial charge in [-0.3, -0.25) is 14.5 Å². The van der Waals surface area contributed by atoms with E-state index in [9.17, 15) is 9.59 Å². The molecule has 0 spiro atoms. The number of benzene rings is 1. The van der Waals surface area contributed by atoms with Gasteiger partial charge < -0.3 is 10.2 Å². The first-order valence-corrected chi connectivity index (χ1v) is 9.64. The lowest BCUT2D eigenvalue weighted by molar-refractivity contribution is -0.137. The maximum absolute atomic E-state index is 12.7. The van der Waals surface area contributed by atoms with Crippen molar-refractivity contribution in [1.29, 1.82) is 0 Å². The van der Waals surface area contributed by atoms with Crippen molar-refractivity contribution in [3.05, 3.63) is 29.8 Å². The van der Waals surface area contributed by atoms with Crippen molar-refractivity contribution in [2.45, 2.75) is 57.0 Å². The molecule has 1 atom stereocenters. The van der Waals surface area contributed by atoms with E-state index in [1.165, 1.54) is 5.56 Å². The predicted octanol–water partition coefficient (Wildman–Crippen LogP) is 2.42. The topological polar surface area (TPSA) is 52.7 Å². The average molecular weight is 341 g/mol. The molecule has 3 aliphatic heterocycles. The molecule has 0 radical (unpaired) electrons. The number of hydrogen-bond acceptors (Lipinski definition) is 3. The van der Waals surface area contributed by atoms with Gasteiger partial charge in [0.05, 0.1) is 6.04 Å². The molecule has 0 aromatic heterocycles. The van der Waals surface area contributed by atoms with Crippen LogP contribution in [-0.2, 0) is 16.0 Å². The number of aryl methyl sites for hydroxylation is 1. The molecule has 0 bridgehead atoms. The fraction of sp³-hybridized carbons (Fsp3) is 0.600. The first-order chi connectivity index (χ1) is 12.2. The summed E-state index contributed by atoms with van der Waals surface area (Å²) in [6.45, 7) is 2.73. The molecule has 3 aliphatic rings. The van der Waals surface area contributed by atoms with Crippen LogP contribution in [-0.4, -0.2) is 53.3 Å². The van der Waals surface area contributed by atoms with Crippen molar-refractivity contribution in [1.82, 2.24) is 9.80 Å². The van der Waals surface area contributed by atoms with Crippen molar-refractivity contribution in [3.8, 4) is 0 Å². The summed E-state index contributed by atoms with van der Waals surface area (Å²) in [6.07, 6.45) is 6.67. The minimum Gasteiger partial charge on any atom is -0.340 e. The average Bonchev–Trinajstić information content (AvgIpc) is 2.81. The van der Waals surface area contributed by atoms with Gasteiger partial charge in [0.2, 0.25) is 11.8 Å². The molecule has 25 heavy (non-hydrogen) atoms. The molecular weight excluding hydrogens is 314 g/mol. The van der Waals surface area contributed by atoms with Gasteiger partial charge in [-0.1, -0.05) is 18.2 Å². The Bertz CT molecular complexity index is 652.